The van der Waals surface area contributed by atoms with Crippen molar-refractivity contribution >= 4 is 0 Å². The van der Waals surface area contributed by atoms with Crippen molar-refractivity contribution in [1.82, 2.24) is 0 Å². The summed E-state index contributed by atoms with van der Waals surface area (Å²) < 4.78 is 17.6. The summed E-state index contributed by atoms with van der Waals surface area (Å²) in [5.41, 5.74) is 2.10. The van der Waals surface area contributed by atoms with Gasteiger partial charge in [-0.05, 0) is 11.6 Å². The molecule has 0 N–H and O–H groups in total. The molecule has 0 spiro atoms. The van der Waals surface area contributed by atoms with E-state index >= 15 is 0 Å². The van der Waals surface area contributed by atoms with Crippen LogP contribution in [0.25, 0.3) is 0 Å². The zero-order valence-corrected chi connectivity index (χ0v) is 11.7. The van der Waals surface area contributed by atoms with E-state index < -0.39 is 5.79 Å². The van der Waals surface area contributed by atoms with Crippen LogP contribution in [0.1, 0.15) is 11.1 Å². The summed E-state index contributed by atoms with van der Waals surface area (Å²) in [6.45, 7) is 0. The SMILES string of the molecule is COC1Cc2ccccc2OC1(OC)c1ccccc1. The van der Waals surface area contributed by atoms with E-state index in [-0.39, 0.29) is 6.10 Å². The number of hydrogen-bond donors (Lipinski definition) is 0. The average molecular weight is 270 g/mol. The highest BCUT2D eigenvalue weighted by molar-refractivity contribution is 5.39. The molecule has 2 unspecified atom stereocenters. The molecule has 2 aromatic rings. The molecule has 20 heavy (non-hydrogen) atoms. The molecule has 2 aromatic carbocycles. The lowest BCUT2D eigenvalue weighted by Crippen LogP contribution is -2.51. The van der Waals surface area contributed by atoms with E-state index in [1.165, 1.54) is 0 Å². The van der Waals surface area contributed by atoms with Crippen LogP contribution in [-0.4, -0.2) is 20.3 Å². The van der Waals surface area contributed by atoms with E-state index in [0.717, 1.165) is 23.3 Å². The van der Waals surface area contributed by atoms with E-state index in [9.17, 15) is 0 Å². The van der Waals surface area contributed by atoms with Gasteiger partial charge in [0.15, 0.2) is 0 Å². The van der Waals surface area contributed by atoms with Crippen molar-refractivity contribution in [1.29, 1.82) is 0 Å². The Bertz CT molecular complexity index is 582. The lowest BCUT2D eigenvalue weighted by molar-refractivity contribution is -0.247. The Kier molecular flexibility index (Phi) is 3.47. The van der Waals surface area contributed by atoms with Gasteiger partial charge in [-0.2, -0.15) is 0 Å². The van der Waals surface area contributed by atoms with Gasteiger partial charge in [0.05, 0.1) is 0 Å². The summed E-state index contributed by atoms with van der Waals surface area (Å²) in [6.07, 6.45) is 0.569. The first-order valence-electron chi connectivity index (χ1n) is 6.70. The Hall–Kier alpha value is -1.84. The molecule has 0 aromatic heterocycles. The first-order valence-corrected chi connectivity index (χ1v) is 6.70. The minimum Gasteiger partial charge on any atom is -0.455 e. The van der Waals surface area contributed by atoms with Crippen molar-refractivity contribution in [2.45, 2.75) is 18.3 Å². The minimum atomic E-state index is -0.898. The van der Waals surface area contributed by atoms with Crippen LogP contribution >= 0.6 is 0 Å². The second kappa shape index (κ2) is 5.27. The van der Waals surface area contributed by atoms with Crippen LogP contribution in [0.4, 0.5) is 0 Å². The highest BCUT2D eigenvalue weighted by Gasteiger charge is 2.47. The maximum Gasteiger partial charge on any atom is 0.263 e. The van der Waals surface area contributed by atoms with Crippen LogP contribution < -0.4 is 4.74 Å². The Balaban J connectivity index is 2.10. The fourth-order valence-electron chi connectivity index (χ4n) is 2.78. The Labute approximate surface area is 119 Å². The van der Waals surface area contributed by atoms with Gasteiger partial charge in [0.1, 0.15) is 11.9 Å². The summed E-state index contributed by atoms with van der Waals surface area (Å²) >= 11 is 0. The molecule has 0 saturated carbocycles. The quantitative estimate of drug-likeness (QED) is 0.857. The second-order valence-corrected chi connectivity index (χ2v) is 4.88. The number of hydrogen-bond acceptors (Lipinski definition) is 3. The zero-order chi connectivity index (χ0) is 14.0. The molecule has 1 heterocycles. The Morgan fingerprint density at radius 2 is 1.70 bits per heavy atom. The normalized spacial score (nSPS) is 24.8. The van der Waals surface area contributed by atoms with E-state index in [2.05, 4.69) is 6.07 Å². The summed E-state index contributed by atoms with van der Waals surface area (Å²) in [5, 5.41) is 0. The van der Waals surface area contributed by atoms with Gasteiger partial charge in [-0.3, -0.25) is 0 Å². The zero-order valence-electron chi connectivity index (χ0n) is 11.7. The smallest absolute Gasteiger partial charge is 0.263 e. The van der Waals surface area contributed by atoms with Crippen molar-refractivity contribution in [3.8, 4) is 5.75 Å². The monoisotopic (exact) mass is 270 g/mol. The van der Waals surface area contributed by atoms with Crippen LogP contribution in [0.2, 0.25) is 0 Å². The minimum absolute atomic E-state index is 0.190. The Morgan fingerprint density at radius 1 is 1.00 bits per heavy atom. The van der Waals surface area contributed by atoms with Gasteiger partial charge in [0, 0.05) is 26.2 Å². The van der Waals surface area contributed by atoms with Gasteiger partial charge in [0.2, 0.25) is 0 Å². The lowest BCUT2D eigenvalue weighted by Gasteiger charge is -2.42. The Morgan fingerprint density at radius 3 is 2.40 bits per heavy atom. The lowest BCUT2D eigenvalue weighted by atomic mass is 9.91. The molecule has 0 fully saturated rings. The highest BCUT2D eigenvalue weighted by atomic mass is 16.7. The molecule has 1 aliphatic heterocycles. The number of para-hydroxylation sites is 1. The predicted molar refractivity (Wildman–Crippen MR) is 76.7 cm³/mol. The van der Waals surface area contributed by atoms with Crippen molar-refractivity contribution < 1.29 is 14.2 Å². The summed E-state index contributed by atoms with van der Waals surface area (Å²) in [6, 6.07) is 18.0. The molecule has 3 nitrogen and oxygen atoms in total. The molecule has 3 heteroatoms. The van der Waals surface area contributed by atoms with E-state index in [4.69, 9.17) is 14.2 Å². The van der Waals surface area contributed by atoms with Crippen molar-refractivity contribution in [3.63, 3.8) is 0 Å². The van der Waals surface area contributed by atoms with Crippen molar-refractivity contribution in [2.24, 2.45) is 0 Å². The molecule has 104 valence electrons. The molecule has 2 atom stereocenters. The molecule has 3 rings (SSSR count). The third-order valence-corrected chi connectivity index (χ3v) is 3.83. The molecular formula is C17H18O3. The van der Waals surface area contributed by atoms with Crippen molar-refractivity contribution in [3.05, 3.63) is 65.7 Å². The molecule has 0 aliphatic carbocycles. The molecule has 0 amide bonds. The standard InChI is InChI=1S/C17H18O3/c1-18-16-12-13-8-6-7-11-15(13)20-17(16,19-2)14-9-4-3-5-10-14/h3-11,16H,12H2,1-2H3. The van der Waals surface area contributed by atoms with Crippen LogP contribution in [0, 0.1) is 0 Å². The third-order valence-electron chi connectivity index (χ3n) is 3.83. The van der Waals surface area contributed by atoms with Crippen molar-refractivity contribution in [2.75, 3.05) is 14.2 Å². The second-order valence-electron chi connectivity index (χ2n) is 4.88. The van der Waals surface area contributed by atoms with Crippen LogP contribution in [0.3, 0.4) is 0 Å². The first kappa shape index (κ1) is 13.2. The topological polar surface area (TPSA) is 27.7 Å². The van der Waals surface area contributed by atoms with Gasteiger partial charge < -0.3 is 14.2 Å². The number of methoxy groups -OCH3 is 2. The van der Waals surface area contributed by atoms with Gasteiger partial charge >= 0.3 is 0 Å². The molecule has 0 radical (unpaired) electrons. The molecule has 0 saturated heterocycles. The highest BCUT2D eigenvalue weighted by Crippen LogP contribution is 2.41. The number of ether oxygens (including phenoxy) is 3. The fourth-order valence-corrected chi connectivity index (χ4v) is 2.78. The van der Waals surface area contributed by atoms with Crippen LogP contribution in [0.15, 0.2) is 54.6 Å². The summed E-state index contributed by atoms with van der Waals surface area (Å²) in [4.78, 5) is 0. The maximum atomic E-state index is 6.21. The molecule has 0 bridgehead atoms. The fraction of sp³-hybridized carbons (Fsp3) is 0.294. The third kappa shape index (κ3) is 1.99. The predicted octanol–water partition coefficient (Wildman–Crippen LogP) is 3.14. The van der Waals surface area contributed by atoms with Gasteiger partial charge in [-0.1, -0.05) is 48.5 Å². The maximum absolute atomic E-state index is 6.21. The first-order chi connectivity index (χ1) is 9.80. The van der Waals surface area contributed by atoms with E-state index in [1.807, 2.05) is 48.5 Å². The number of fused-ring (bicyclic) bond motifs is 1. The van der Waals surface area contributed by atoms with Crippen LogP contribution in [0.5, 0.6) is 5.75 Å². The van der Waals surface area contributed by atoms with Gasteiger partial charge in [-0.15, -0.1) is 0 Å². The van der Waals surface area contributed by atoms with Gasteiger partial charge in [0.25, 0.3) is 5.79 Å². The molecular weight excluding hydrogens is 252 g/mol. The van der Waals surface area contributed by atoms with E-state index in [0.29, 0.717) is 0 Å². The van der Waals surface area contributed by atoms with Crippen LogP contribution in [-0.2, 0) is 21.7 Å². The number of benzene rings is 2. The summed E-state index contributed by atoms with van der Waals surface area (Å²) in [7, 11) is 3.35. The van der Waals surface area contributed by atoms with Gasteiger partial charge in [-0.25, -0.2) is 0 Å². The largest absolute Gasteiger partial charge is 0.455 e. The summed E-state index contributed by atoms with van der Waals surface area (Å²) in [5.74, 6) is -0.0452. The van der Waals surface area contributed by atoms with E-state index in [1.54, 1.807) is 14.2 Å². The average Bonchev–Trinajstić information content (AvgIpc) is 2.54. The number of rotatable bonds is 3. The molecule has 1 aliphatic rings.